The Morgan fingerprint density at radius 2 is 1.94 bits per heavy atom. The number of aromatic nitrogens is 2. The summed E-state index contributed by atoms with van der Waals surface area (Å²) in [6, 6.07) is 8.87. The summed E-state index contributed by atoms with van der Waals surface area (Å²) in [6.45, 7) is 9.62. The van der Waals surface area contributed by atoms with Gasteiger partial charge in [0.1, 0.15) is 30.2 Å². The second-order valence-corrected chi connectivity index (χ2v) is 15.3. The first kappa shape index (κ1) is 26.9. The van der Waals surface area contributed by atoms with Crippen molar-refractivity contribution in [2.75, 3.05) is 6.61 Å². The summed E-state index contributed by atoms with van der Waals surface area (Å²) in [5.41, 5.74) is 8.17. The Hall–Kier alpha value is -2.34. The minimum atomic E-state index is -1.25. The van der Waals surface area contributed by atoms with Crippen molar-refractivity contribution in [1.82, 2.24) is 9.55 Å². The number of benzene rings is 1. The molecule has 0 fully saturated rings. The number of hydrogen-bond acceptors (Lipinski definition) is 5. The van der Waals surface area contributed by atoms with E-state index in [9.17, 15) is 14.4 Å². The maximum Gasteiger partial charge on any atom is 0.164 e. The lowest BCUT2D eigenvalue weighted by Crippen LogP contribution is -2.23. The van der Waals surface area contributed by atoms with Crippen LogP contribution in [0.3, 0.4) is 0 Å². The molecular formula is C25H37FN4O2Si. The summed E-state index contributed by atoms with van der Waals surface area (Å²) < 4.78 is 21.3. The molecule has 0 spiro atoms. The maximum atomic E-state index is 13.5. The molecule has 1 aromatic carbocycles. The van der Waals surface area contributed by atoms with Gasteiger partial charge in [-0.3, -0.25) is 4.79 Å². The molecule has 0 aliphatic heterocycles. The lowest BCUT2D eigenvalue weighted by Gasteiger charge is -2.19. The van der Waals surface area contributed by atoms with E-state index >= 15 is 0 Å². The third kappa shape index (κ3) is 8.50. The predicted octanol–water partition coefficient (Wildman–Crippen LogP) is 5.80. The van der Waals surface area contributed by atoms with Crippen molar-refractivity contribution >= 4 is 13.9 Å². The fraction of sp³-hybridized carbons (Fsp3) is 0.560. The Bertz CT molecular complexity index is 945. The van der Waals surface area contributed by atoms with Gasteiger partial charge in [-0.15, -0.1) is 0 Å². The molecular weight excluding hydrogens is 435 g/mol. The number of carbonyl (C=O) groups excluding carboxylic acids is 1. The Labute approximate surface area is 198 Å². The SMILES string of the molecule is CCC(=O)CCCCC[C@H](N)c1c(C#N)nc(-c2ccc(F)cc2)n1COCC[Si](C)(C)C. The van der Waals surface area contributed by atoms with Gasteiger partial charge in [0.25, 0.3) is 0 Å². The van der Waals surface area contributed by atoms with Gasteiger partial charge in [0.2, 0.25) is 0 Å². The van der Waals surface area contributed by atoms with Gasteiger partial charge < -0.3 is 15.0 Å². The summed E-state index contributed by atoms with van der Waals surface area (Å²) in [7, 11) is -1.25. The molecule has 2 rings (SSSR count). The molecule has 180 valence electrons. The summed E-state index contributed by atoms with van der Waals surface area (Å²) in [4.78, 5) is 16.0. The van der Waals surface area contributed by atoms with Crippen LogP contribution in [0, 0.1) is 17.1 Å². The fourth-order valence-corrected chi connectivity index (χ4v) is 4.34. The van der Waals surface area contributed by atoms with Crippen LogP contribution in [0.4, 0.5) is 4.39 Å². The molecule has 0 bridgehead atoms. The average Bonchev–Trinajstić information content (AvgIpc) is 3.14. The summed E-state index contributed by atoms with van der Waals surface area (Å²) >= 11 is 0. The molecule has 0 amide bonds. The number of ether oxygens (including phenoxy) is 1. The van der Waals surface area contributed by atoms with E-state index in [0.717, 1.165) is 25.3 Å². The van der Waals surface area contributed by atoms with E-state index in [-0.39, 0.29) is 30.1 Å². The van der Waals surface area contributed by atoms with Gasteiger partial charge in [0.05, 0.1) is 5.69 Å². The topological polar surface area (TPSA) is 93.9 Å². The highest BCUT2D eigenvalue weighted by molar-refractivity contribution is 6.76. The van der Waals surface area contributed by atoms with Gasteiger partial charge in [-0.2, -0.15) is 5.26 Å². The predicted molar refractivity (Wildman–Crippen MR) is 132 cm³/mol. The highest BCUT2D eigenvalue weighted by Gasteiger charge is 2.23. The van der Waals surface area contributed by atoms with Crippen LogP contribution in [0.5, 0.6) is 0 Å². The molecule has 8 heteroatoms. The molecule has 1 heterocycles. The number of nitriles is 1. The van der Waals surface area contributed by atoms with Crippen LogP contribution in [0.1, 0.15) is 62.9 Å². The van der Waals surface area contributed by atoms with Crippen LogP contribution in [-0.4, -0.2) is 30.0 Å². The molecule has 0 radical (unpaired) electrons. The van der Waals surface area contributed by atoms with Crippen molar-refractivity contribution in [3.8, 4) is 17.5 Å². The van der Waals surface area contributed by atoms with Crippen molar-refractivity contribution < 1.29 is 13.9 Å². The van der Waals surface area contributed by atoms with E-state index in [1.807, 2.05) is 11.5 Å². The molecule has 0 unspecified atom stereocenters. The maximum absolute atomic E-state index is 13.5. The third-order valence-electron chi connectivity index (χ3n) is 5.65. The Kier molecular flexibility index (Phi) is 10.4. The molecule has 33 heavy (non-hydrogen) atoms. The van der Waals surface area contributed by atoms with Crippen molar-refractivity contribution in [1.29, 1.82) is 5.26 Å². The number of ketones is 1. The molecule has 1 aromatic heterocycles. The third-order valence-corrected chi connectivity index (χ3v) is 7.35. The van der Waals surface area contributed by atoms with Gasteiger partial charge in [-0.05, 0) is 43.2 Å². The Morgan fingerprint density at radius 3 is 2.55 bits per heavy atom. The lowest BCUT2D eigenvalue weighted by molar-refractivity contribution is -0.118. The number of halogens is 1. The number of hydrogen-bond donors (Lipinski definition) is 1. The molecule has 0 saturated heterocycles. The molecule has 0 aliphatic rings. The normalized spacial score (nSPS) is 12.5. The number of imidazole rings is 1. The van der Waals surface area contributed by atoms with Gasteiger partial charge >= 0.3 is 0 Å². The first-order chi connectivity index (χ1) is 15.7. The molecule has 0 saturated carbocycles. The van der Waals surface area contributed by atoms with E-state index in [2.05, 4.69) is 30.7 Å². The van der Waals surface area contributed by atoms with Crippen LogP contribution in [-0.2, 0) is 16.3 Å². The quantitative estimate of drug-likeness (QED) is 0.277. The van der Waals surface area contributed by atoms with Crippen molar-refractivity contribution in [2.45, 2.75) is 83.9 Å². The summed E-state index contributed by atoms with van der Waals surface area (Å²) in [6.07, 6.45) is 4.48. The largest absolute Gasteiger partial charge is 0.361 e. The zero-order valence-electron chi connectivity index (χ0n) is 20.4. The number of unbranched alkanes of at least 4 members (excludes halogenated alkanes) is 2. The van der Waals surface area contributed by atoms with Crippen LogP contribution in [0.15, 0.2) is 24.3 Å². The molecule has 0 aliphatic carbocycles. The number of nitrogens with two attached hydrogens (primary N) is 1. The zero-order chi connectivity index (χ0) is 24.4. The Morgan fingerprint density at radius 1 is 1.24 bits per heavy atom. The van der Waals surface area contributed by atoms with E-state index in [1.54, 1.807) is 12.1 Å². The van der Waals surface area contributed by atoms with E-state index in [1.165, 1.54) is 12.1 Å². The number of rotatable bonds is 14. The highest BCUT2D eigenvalue weighted by Crippen LogP contribution is 2.28. The zero-order valence-corrected chi connectivity index (χ0v) is 21.4. The van der Waals surface area contributed by atoms with Gasteiger partial charge in [-0.25, -0.2) is 9.37 Å². The molecule has 1 atom stereocenters. The number of carbonyl (C=O) groups is 1. The fourth-order valence-electron chi connectivity index (χ4n) is 3.58. The van der Waals surface area contributed by atoms with Gasteiger partial charge in [-0.1, -0.05) is 39.4 Å². The van der Waals surface area contributed by atoms with Crippen LogP contribution in [0.25, 0.3) is 11.4 Å². The Balaban J connectivity index is 2.22. The van der Waals surface area contributed by atoms with Gasteiger partial charge in [0.15, 0.2) is 5.69 Å². The van der Waals surface area contributed by atoms with Gasteiger partial charge in [0, 0.05) is 39.1 Å². The van der Waals surface area contributed by atoms with Crippen LogP contribution < -0.4 is 5.73 Å². The first-order valence-corrected chi connectivity index (χ1v) is 15.5. The van der Waals surface area contributed by atoms with E-state index < -0.39 is 8.07 Å². The van der Waals surface area contributed by atoms with E-state index in [4.69, 9.17) is 10.5 Å². The molecule has 2 N–H and O–H groups in total. The molecule has 6 nitrogen and oxygen atoms in total. The van der Waals surface area contributed by atoms with E-state index in [0.29, 0.717) is 43.0 Å². The second-order valence-electron chi connectivity index (χ2n) is 9.66. The lowest BCUT2D eigenvalue weighted by atomic mass is 10.0. The molecule has 2 aromatic rings. The smallest absolute Gasteiger partial charge is 0.164 e. The van der Waals surface area contributed by atoms with Crippen molar-refractivity contribution in [3.05, 3.63) is 41.5 Å². The average molecular weight is 473 g/mol. The van der Waals surface area contributed by atoms with Crippen molar-refractivity contribution in [2.24, 2.45) is 5.73 Å². The van der Waals surface area contributed by atoms with Crippen LogP contribution >= 0.6 is 0 Å². The standard InChI is InChI=1S/C25H37FN4O2Si/c1-5-21(31)9-7-6-8-10-22(28)24-23(17-27)29-25(19-11-13-20(26)14-12-19)30(24)18-32-15-16-33(2,3)4/h11-14,22H,5-10,15-16,18,28H2,1-4H3/t22-/m0/s1. The highest BCUT2D eigenvalue weighted by atomic mass is 28.3. The van der Waals surface area contributed by atoms with Crippen molar-refractivity contribution in [3.63, 3.8) is 0 Å². The summed E-state index contributed by atoms with van der Waals surface area (Å²) in [5.74, 6) is 0.504. The number of nitrogens with zero attached hydrogens (tertiary/aromatic N) is 3. The second kappa shape index (κ2) is 12.8. The summed E-state index contributed by atoms with van der Waals surface area (Å²) in [5, 5.41) is 9.76. The van der Waals surface area contributed by atoms with Crippen LogP contribution in [0.2, 0.25) is 25.7 Å². The number of Topliss-reactive ketones (excluding diaryl/α,β-unsaturated/α-hetero) is 1. The first-order valence-electron chi connectivity index (χ1n) is 11.8. The monoisotopic (exact) mass is 472 g/mol. The minimum Gasteiger partial charge on any atom is -0.361 e. The minimum absolute atomic E-state index is 0.236.